The topological polar surface area (TPSA) is 77.2 Å². The first-order chi connectivity index (χ1) is 8.70. The Kier molecular flexibility index (Phi) is 4.35. The predicted octanol–water partition coefficient (Wildman–Crippen LogP) is 1.70. The van der Waals surface area contributed by atoms with Gasteiger partial charge in [-0.2, -0.15) is 13.2 Å². The lowest BCUT2D eigenvalue weighted by molar-refractivity contribution is -0.184. The third-order valence-electron chi connectivity index (χ3n) is 2.36. The van der Waals surface area contributed by atoms with Crippen molar-refractivity contribution in [3.8, 4) is 5.88 Å². The predicted molar refractivity (Wildman–Crippen MR) is 62.7 cm³/mol. The minimum atomic E-state index is -4.86. The summed E-state index contributed by atoms with van der Waals surface area (Å²) in [5.41, 5.74) is 2.05. The molecule has 0 aliphatic rings. The van der Waals surface area contributed by atoms with Crippen molar-refractivity contribution < 1.29 is 22.7 Å². The van der Waals surface area contributed by atoms with E-state index in [2.05, 4.69) is 10.3 Å². The molecule has 0 spiro atoms. The lowest BCUT2D eigenvalue weighted by Crippen LogP contribution is -2.59. The molecule has 0 aliphatic heterocycles. The second-order valence-corrected chi connectivity index (χ2v) is 3.94. The van der Waals surface area contributed by atoms with E-state index in [1.54, 1.807) is 6.92 Å². The molecule has 1 heterocycles. The van der Waals surface area contributed by atoms with Crippen LogP contribution in [0.3, 0.4) is 0 Å². The van der Waals surface area contributed by atoms with Crippen LogP contribution in [0.4, 0.5) is 18.9 Å². The smallest absolute Gasteiger partial charge is 0.415 e. The number of pyridine rings is 1. The quantitative estimate of drug-likeness (QED) is 0.878. The highest BCUT2D eigenvalue weighted by molar-refractivity contribution is 5.99. The highest BCUT2D eigenvalue weighted by Crippen LogP contribution is 2.30. The Labute approximate surface area is 108 Å². The molecule has 0 radical (unpaired) electrons. The van der Waals surface area contributed by atoms with Gasteiger partial charge in [0.15, 0.2) is 5.54 Å². The van der Waals surface area contributed by atoms with Gasteiger partial charge in [0.25, 0.3) is 5.91 Å². The summed E-state index contributed by atoms with van der Waals surface area (Å²) in [4.78, 5) is 15.4. The van der Waals surface area contributed by atoms with Crippen molar-refractivity contribution in [2.24, 2.45) is 5.73 Å². The minimum absolute atomic E-state index is 0.0373. The standard InChI is InChI=1S/C11H14F3N3O2/c1-3-19-8-7(5-4-6-16-8)17-9(18)10(2,15)11(12,13)14/h4-6H,3,15H2,1-2H3,(H,17,18). The fourth-order valence-corrected chi connectivity index (χ4v) is 1.12. The van der Waals surface area contributed by atoms with E-state index in [-0.39, 0.29) is 18.2 Å². The second kappa shape index (κ2) is 5.43. The molecule has 106 valence electrons. The zero-order valence-corrected chi connectivity index (χ0v) is 10.4. The van der Waals surface area contributed by atoms with Gasteiger partial charge in [-0.15, -0.1) is 0 Å². The van der Waals surface area contributed by atoms with Gasteiger partial charge in [0, 0.05) is 6.20 Å². The van der Waals surface area contributed by atoms with Gasteiger partial charge in [-0.25, -0.2) is 4.98 Å². The Morgan fingerprint density at radius 2 is 2.16 bits per heavy atom. The lowest BCUT2D eigenvalue weighted by Gasteiger charge is -2.26. The molecular formula is C11H14F3N3O2. The molecule has 0 bridgehead atoms. The van der Waals surface area contributed by atoms with Crippen LogP contribution in [0.15, 0.2) is 18.3 Å². The molecule has 19 heavy (non-hydrogen) atoms. The number of nitrogens with one attached hydrogen (secondary N) is 1. The number of rotatable bonds is 4. The number of hydrogen-bond donors (Lipinski definition) is 2. The van der Waals surface area contributed by atoms with Crippen LogP contribution >= 0.6 is 0 Å². The van der Waals surface area contributed by atoms with Crippen molar-refractivity contribution in [2.75, 3.05) is 11.9 Å². The van der Waals surface area contributed by atoms with Crippen LogP contribution in [-0.4, -0.2) is 29.2 Å². The van der Waals surface area contributed by atoms with Crippen LogP contribution in [0.25, 0.3) is 0 Å². The third-order valence-corrected chi connectivity index (χ3v) is 2.36. The van der Waals surface area contributed by atoms with E-state index in [0.29, 0.717) is 6.92 Å². The van der Waals surface area contributed by atoms with Crippen LogP contribution in [-0.2, 0) is 4.79 Å². The van der Waals surface area contributed by atoms with Crippen molar-refractivity contribution >= 4 is 11.6 Å². The Hall–Kier alpha value is -1.83. The van der Waals surface area contributed by atoms with Crippen molar-refractivity contribution in [3.05, 3.63) is 18.3 Å². The fraction of sp³-hybridized carbons (Fsp3) is 0.455. The minimum Gasteiger partial charge on any atom is -0.476 e. The van der Waals surface area contributed by atoms with Gasteiger partial charge in [-0.05, 0) is 26.0 Å². The maximum atomic E-state index is 12.6. The maximum Gasteiger partial charge on any atom is 0.415 e. The summed E-state index contributed by atoms with van der Waals surface area (Å²) in [5, 5.41) is 2.07. The highest BCUT2D eigenvalue weighted by atomic mass is 19.4. The summed E-state index contributed by atoms with van der Waals surface area (Å²) in [6.07, 6.45) is -3.46. The fourth-order valence-electron chi connectivity index (χ4n) is 1.12. The number of carbonyl (C=O) groups excluding carboxylic acids is 1. The van der Waals surface area contributed by atoms with Gasteiger partial charge in [0.05, 0.1) is 6.61 Å². The number of hydrogen-bond acceptors (Lipinski definition) is 4. The Morgan fingerprint density at radius 3 is 2.68 bits per heavy atom. The van der Waals surface area contributed by atoms with Gasteiger partial charge in [0.2, 0.25) is 5.88 Å². The number of nitrogens with zero attached hydrogens (tertiary/aromatic N) is 1. The largest absolute Gasteiger partial charge is 0.476 e. The number of nitrogens with two attached hydrogens (primary N) is 1. The number of alkyl halides is 3. The van der Waals surface area contributed by atoms with Crippen LogP contribution in [0.5, 0.6) is 5.88 Å². The monoisotopic (exact) mass is 277 g/mol. The molecule has 0 fully saturated rings. The summed E-state index contributed by atoms with van der Waals surface area (Å²) >= 11 is 0. The van der Waals surface area contributed by atoms with E-state index in [1.165, 1.54) is 18.3 Å². The van der Waals surface area contributed by atoms with Crippen LogP contribution in [0.2, 0.25) is 0 Å². The lowest BCUT2D eigenvalue weighted by atomic mass is 10.0. The molecule has 1 aromatic rings. The first-order valence-corrected chi connectivity index (χ1v) is 5.45. The average Bonchev–Trinajstić information content (AvgIpc) is 2.30. The first-order valence-electron chi connectivity index (χ1n) is 5.45. The number of halogens is 3. The van der Waals surface area contributed by atoms with E-state index < -0.39 is 17.6 Å². The zero-order chi connectivity index (χ0) is 14.7. The van der Waals surface area contributed by atoms with E-state index in [1.807, 2.05) is 0 Å². The molecule has 1 unspecified atom stereocenters. The van der Waals surface area contributed by atoms with Gasteiger partial charge in [-0.1, -0.05) is 0 Å². The van der Waals surface area contributed by atoms with Crippen molar-refractivity contribution in [1.82, 2.24) is 4.98 Å². The van der Waals surface area contributed by atoms with Gasteiger partial charge in [0.1, 0.15) is 5.69 Å². The molecule has 3 N–H and O–H groups in total. The summed E-state index contributed by atoms with van der Waals surface area (Å²) in [6.45, 7) is 2.54. The summed E-state index contributed by atoms with van der Waals surface area (Å²) in [6, 6.07) is 2.84. The number of aromatic nitrogens is 1. The summed E-state index contributed by atoms with van der Waals surface area (Å²) < 4.78 is 42.9. The molecule has 1 aromatic heterocycles. The molecule has 5 nitrogen and oxygen atoms in total. The molecule has 0 aliphatic carbocycles. The van der Waals surface area contributed by atoms with Crippen LogP contribution in [0.1, 0.15) is 13.8 Å². The molecule has 0 aromatic carbocycles. The van der Waals surface area contributed by atoms with Crippen LogP contribution < -0.4 is 15.8 Å². The Morgan fingerprint density at radius 1 is 1.53 bits per heavy atom. The van der Waals surface area contributed by atoms with E-state index >= 15 is 0 Å². The normalized spacial score (nSPS) is 14.6. The van der Waals surface area contributed by atoms with Gasteiger partial charge in [-0.3, -0.25) is 4.79 Å². The van der Waals surface area contributed by atoms with E-state index in [0.717, 1.165) is 0 Å². The number of anilines is 1. The van der Waals surface area contributed by atoms with Gasteiger partial charge >= 0.3 is 6.18 Å². The zero-order valence-electron chi connectivity index (χ0n) is 10.4. The number of ether oxygens (including phenoxy) is 1. The molecule has 1 amide bonds. The Bertz CT molecular complexity index is 461. The van der Waals surface area contributed by atoms with Crippen LogP contribution in [0, 0.1) is 0 Å². The molecule has 1 rings (SSSR count). The summed E-state index contributed by atoms with van der Waals surface area (Å²) in [7, 11) is 0. The van der Waals surface area contributed by atoms with Crippen molar-refractivity contribution in [3.63, 3.8) is 0 Å². The highest BCUT2D eigenvalue weighted by Gasteiger charge is 2.54. The molecule has 0 saturated carbocycles. The van der Waals surface area contributed by atoms with Crippen molar-refractivity contribution in [1.29, 1.82) is 0 Å². The average molecular weight is 277 g/mol. The maximum absolute atomic E-state index is 12.6. The third kappa shape index (κ3) is 3.34. The SMILES string of the molecule is CCOc1ncccc1NC(=O)C(C)(N)C(F)(F)F. The Balaban J connectivity index is 2.94. The number of carbonyl (C=O) groups is 1. The molecular weight excluding hydrogens is 263 g/mol. The first kappa shape index (κ1) is 15.2. The molecule has 8 heteroatoms. The van der Waals surface area contributed by atoms with E-state index in [9.17, 15) is 18.0 Å². The molecule has 1 atom stereocenters. The van der Waals surface area contributed by atoms with Crippen molar-refractivity contribution in [2.45, 2.75) is 25.6 Å². The molecule has 0 saturated heterocycles. The van der Waals surface area contributed by atoms with Gasteiger partial charge < -0.3 is 15.8 Å². The second-order valence-electron chi connectivity index (χ2n) is 3.94. The number of amides is 1. The summed E-state index contributed by atoms with van der Waals surface area (Å²) in [5.74, 6) is -1.34. The van der Waals surface area contributed by atoms with E-state index in [4.69, 9.17) is 10.5 Å².